The Morgan fingerprint density at radius 3 is 2.18 bits per heavy atom. The highest BCUT2D eigenvalue weighted by molar-refractivity contribution is 4.97. The summed E-state index contributed by atoms with van der Waals surface area (Å²) in [7, 11) is 0. The van der Waals surface area contributed by atoms with Crippen LogP contribution in [0.5, 0.6) is 0 Å². The van der Waals surface area contributed by atoms with E-state index in [0.29, 0.717) is 24.7 Å². The highest BCUT2D eigenvalue weighted by atomic mass is 19.1. The molecule has 17 heavy (non-hydrogen) atoms. The number of allylic oxidation sites excluding steroid dienone is 1. The molecule has 0 aliphatic heterocycles. The molecule has 2 heteroatoms. The summed E-state index contributed by atoms with van der Waals surface area (Å²) in [5.41, 5.74) is 1.26. The minimum atomic E-state index is -0.234. The van der Waals surface area contributed by atoms with Crippen molar-refractivity contribution in [1.29, 1.82) is 0 Å². The van der Waals surface area contributed by atoms with Gasteiger partial charge in [-0.05, 0) is 37.5 Å². The molecule has 0 rings (SSSR count). The maximum Gasteiger partial charge on any atom is 0.0897 e. The smallest absolute Gasteiger partial charge is 0.0897 e. The van der Waals surface area contributed by atoms with E-state index in [-0.39, 0.29) is 13.3 Å². The molecule has 0 saturated carbocycles. The topological polar surface area (TPSA) is 0 Å². The van der Waals surface area contributed by atoms with Crippen LogP contribution >= 0.6 is 0 Å². The monoisotopic (exact) mass is 246 g/mol. The van der Waals surface area contributed by atoms with Gasteiger partial charge in [-0.15, -0.1) is 0 Å². The lowest BCUT2D eigenvalue weighted by atomic mass is 9.89. The molecular weight excluding hydrogens is 218 g/mol. The van der Waals surface area contributed by atoms with Gasteiger partial charge in [-0.25, -0.2) is 0 Å². The molecule has 0 bridgehead atoms. The van der Waals surface area contributed by atoms with Gasteiger partial charge >= 0.3 is 0 Å². The Morgan fingerprint density at radius 1 is 0.941 bits per heavy atom. The molecule has 102 valence electrons. The quantitative estimate of drug-likeness (QED) is 0.334. The van der Waals surface area contributed by atoms with Gasteiger partial charge in [0, 0.05) is 0 Å². The van der Waals surface area contributed by atoms with Crippen LogP contribution in [0.15, 0.2) is 12.2 Å². The van der Waals surface area contributed by atoms with Gasteiger partial charge in [0.1, 0.15) is 0 Å². The number of hydrogen-bond donors (Lipinski definition) is 0. The fourth-order valence-electron chi connectivity index (χ4n) is 1.97. The van der Waals surface area contributed by atoms with Crippen molar-refractivity contribution in [3.05, 3.63) is 12.2 Å². The minimum absolute atomic E-state index is 0.224. The number of unbranched alkanes of at least 4 members (excludes halogenated alkanes) is 2. The summed E-state index contributed by atoms with van der Waals surface area (Å²) in [6, 6.07) is 0. The van der Waals surface area contributed by atoms with Gasteiger partial charge < -0.3 is 0 Å². The summed E-state index contributed by atoms with van der Waals surface area (Å²) in [5, 5.41) is 0. The lowest BCUT2D eigenvalue weighted by molar-refractivity contribution is 0.337. The van der Waals surface area contributed by atoms with Crippen LogP contribution in [-0.2, 0) is 0 Å². The SMILES string of the molecule is C=C(CCC(CCF)CCCCCF)C(C)C. The molecular formula is C15H28F2. The van der Waals surface area contributed by atoms with E-state index in [9.17, 15) is 8.78 Å². The van der Waals surface area contributed by atoms with Gasteiger partial charge in [-0.2, -0.15) is 0 Å². The Bertz CT molecular complexity index is 187. The number of hydrogen-bond acceptors (Lipinski definition) is 0. The van der Waals surface area contributed by atoms with E-state index < -0.39 is 0 Å². The van der Waals surface area contributed by atoms with Crippen molar-refractivity contribution in [2.24, 2.45) is 11.8 Å². The molecule has 0 aromatic rings. The lowest BCUT2D eigenvalue weighted by Crippen LogP contribution is -2.04. The lowest BCUT2D eigenvalue weighted by Gasteiger charge is -2.17. The molecule has 0 aromatic carbocycles. The largest absolute Gasteiger partial charge is 0.251 e. The fourth-order valence-corrected chi connectivity index (χ4v) is 1.97. The van der Waals surface area contributed by atoms with E-state index in [1.165, 1.54) is 5.57 Å². The van der Waals surface area contributed by atoms with E-state index in [0.717, 1.165) is 32.1 Å². The minimum Gasteiger partial charge on any atom is -0.251 e. The van der Waals surface area contributed by atoms with Crippen molar-refractivity contribution >= 4 is 0 Å². The van der Waals surface area contributed by atoms with Gasteiger partial charge in [-0.1, -0.05) is 45.3 Å². The van der Waals surface area contributed by atoms with Gasteiger partial charge in [0.25, 0.3) is 0 Å². The van der Waals surface area contributed by atoms with Crippen molar-refractivity contribution < 1.29 is 8.78 Å². The van der Waals surface area contributed by atoms with E-state index in [4.69, 9.17) is 0 Å². The van der Waals surface area contributed by atoms with Gasteiger partial charge in [0.15, 0.2) is 0 Å². The Balaban J connectivity index is 3.77. The highest BCUT2D eigenvalue weighted by Crippen LogP contribution is 2.23. The summed E-state index contributed by atoms with van der Waals surface area (Å²) < 4.78 is 24.4. The molecule has 1 atom stereocenters. The van der Waals surface area contributed by atoms with Gasteiger partial charge in [0.2, 0.25) is 0 Å². The van der Waals surface area contributed by atoms with E-state index in [2.05, 4.69) is 20.4 Å². The van der Waals surface area contributed by atoms with Crippen LogP contribution in [0.25, 0.3) is 0 Å². The van der Waals surface area contributed by atoms with E-state index in [1.54, 1.807) is 0 Å². The van der Waals surface area contributed by atoms with Crippen LogP contribution in [0.1, 0.15) is 58.8 Å². The first kappa shape index (κ1) is 16.6. The third-order valence-corrected chi connectivity index (χ3v) is 3.45. The van der Waals surface area contributed by atoms with E-state index in [1.807, 2.05) is 0 Å². The van der Waals surface area contributed by atoms with Crippen molar-refractivity contribution in [2.45, 2.75) is 58.8 Å². The highest BCUT2D eigenvalue weighted by Gasteiger charge is 2.10. The molecule has 1 unspecified atom stereocenters. The third-order valence-electron chi connectivity index (χ3n) is 3.45. The normalized spacial score (nSPS) is 13.0. The molecule has 0 heterocycles. The molecule has 0 nitrogen and oxygen atoms in total. The first-order valence-electron chi connectivity index (χ1n) is 6.91. The third kappa shape index (κ3) is 9.31. The second-order valence-corrected chi connectivity index (χ2v) is 5.23. The molecule has 0 aromatic heterocycles. The number of halogens is 2. The van der Waals surface area contributed by atoms with Crippen molar-refractivity contribution in [2.75, 3.05) is 13.3 Å². The average molecular weight is 246 g/mol. The molecule has 0 amide bonds. The van der Waals surface area contributed by atoms with Crippen molar-refractivity contribution in [1.82, 2.24) is 0 Å². The average Bonchev–Trinajstić information content (AvgIpc) is 2.30. The van der Waals surface area contributed by atoms with Gasteiger partial charge in [-0.3, -0.25) is 8.78 Å². The predicted molar refractivity (Wildman–Crippen MR) is 71.7 cm³/mol. The molecule has 0 fully saturated rings. The Labute approximate surface area is 105 Å². The van der Waals surface area contributed by atoms with Crippen molar-refractivity contribution in [3.63, 3.8) is 0 Å². The maximum absolute atomic E-state index is 12.4. The Kier molecular flexibility index (Phi) is 10.5. The summed E-state index contributed by atoms with van der Waals surface area (Å²) >= 11 is 0. The molecule has 0 aliphatic rings. The molecule has 0 radical (unpaired) electrons. The molecule has 0 saturated heterocycles. The first-order chi connectivity index (χ1) is 8.11. The zero-order chi connectivity index (χ0) is 13.1. The second kappa shape index (κ2) is 10.7. The number of alkyl halides is 2. The fraction of sp³-hybridized carbons (Fsp3) is 0.867. The van der Waals surface area contributed by atoms with Gasteiger partial charge in [0.05, 0.1) is 13.3 Å². The Morgan fingerprint density at radius 2 is 1.65 bits per heavy atom. The maximum atomic E-state index is 12.4. The summed E-state index contributed by atoms with van der Waals surface area (Å²) in [6.07, 6.45) is 6.35. The summed E-state index contributed by atoms with van der Waals surface area (Å²) in [4.78, 5) is 0. The van der Waals surface area contributed by atoms with Crippen LogP contribution in [0, 0.1) is 11.8 Å². The van der Waals surface area contributed by atoms with Crippen LogP contribution in [0.4, 0.5) is 8.78 Å². The van der Waals surface area contributed by atoms with Crippen molar-refractivity contribution in [3.8, 4) is 0 Å². The molecule has 0 N–H and O–H groups in total. The molecule has 0 aliphatic carbocycles. The zero-order valence-electron chi connectivity index (χ0n) is 11.5. The second-order valence-electron chi connectivity index (χ2n) is 5.23. The zero-order valence-corrected chi connectivity index (χ0v) is 11.5. The van der Waals surface area contributed by atoms with Crippen LogP contribution in [0.2, 0.25) is 0 Å². The van der Waals surface area contributed by atoms with Crippen LogP contribution < -0.4 is 0 Å². The predicted octanol–water partition coefficient (Wildman–Crippen LogP) is 5.48. The van der Waals surface area contributed by atoms with Crippen LogP contribution in [0.3, 0.4) is 0 Å². The first-order valence-corrected chi connectivity index (χ1v) is 6.91. The number of rotatable bonds is 11. The Hall–Kier alpha value is -0.400. The molecule has 0 spiro atoms. The van der Waals surface area contributed by atoms with E-state index >= 15 is 0 Å². The summed E-state index contributed by atoms with van der Waals surface area (Å²) in [6.45, 7) is 7.89. The standard InChI is InChI=1S/C15H28F2/c1-13(2)14(3)8-9-15(10-12-17)7-5-4-6-11-16/h13,15H,3-12H2,1-2H3. The van der Waals surface area contributed by atoms with Crippen LogP contribution in [-0.4, -0.2) is 13.3 Å². The summed E-state index contributed by atoms with van der Waals surface area (Å²) in [5.74, 6) is 0.975.